The SMILES string of the molecule is CCCCN(C)C(=O)c1ccnc(Nc2ccc(F)cc2F)n1. The maximum atomic E-state index is 13.6. The highest BCUT2D eigenvalue weighted by Crippen LogP contribution is 2.18. The average Bonchev–Trinajstić information content (AvgIpc) is 2.55. The van der Waals surface area contributed by atoms with Crippen LogP contribution in [-0.2, 0) is 0 Å². The van der Waals surface area contributed by atoms with Crippen molar-refractivity contribution in [2.24, 2.45) is 0 Å². The van der Waals surface area contributed by atoms with E-state index in [1.165, 1.54) is 18.3 Å². The van der Waals surface area contributed by atoms with Gasteiger partial charge in [-0.25, -0.2) is 18.7 Å². The van der Waals surface area contributed by atoms with Crippen molar-refractivity contribution in [1.29, 1.82) is 0 Å². The average molecular weight is 320 g/mol. The number of aromatic nitrogens is 2. The van der Waals surface area contributed by atoms with E-state index in [-0.39, 0.29) is 23.2 Å². The van der Waals surface area contributed by atoms with Gasteiger partial charge in [0.05, 0.1) is 5.69 Å². The molecule has 0 fully saturated rings. The van der Waals surface area contributed by atoms with Crippen molar-refractivity contribution in [3.05, 3.63) is 47.8 Å². The number of benzene rings is 1. The second-order valence-electron chi connectivity index (χ2n) is 5.09. The molecule has 0 aliphatic heterocycles. The molecule has 1 amide bonds. The standard InChI is InChI=1S/C16H18F2N4O/c1-3-4-9-22(2)15(23)14-7-8-19-16(21-14)20-13-6-5-11(17)10-12(13)18/h5-8,10H,3-4,9H2,1-2H3,(H,19,20,21). The van der Waals surface area contributed by atoms with Crippen LogP contribution in [0.25, 0.3) is 0 Å². The monoisotopic (exact) mass is 320 g/mol. The van der Waals surface area contributed by atoms with Gasteiger partial charge < -0.3 is 10.2 Å². The summed E-state index contributed by atoms with van der Waals surface area (Å²) >= 11 is 0. The molecule has 5 nitrogen and oxygen atoms in total. The minimum absolute atomic E-state index is 0.0373. The number of unbranched alkanes of at least 4 members (excludes halogenated alkanes) is 1. The van der Waals surface area contributed by atoms with E-state index >= 15 is 0 Å². The Morgan fingerprint density at radius 2 is 2.09 bits per heavy atom. The summed E-state index contributed by atoms with van der Waals surface area (Å²) in [5.41, 5.74) is 0.249. The van der Waals surface area contributed by atoms with E-state index in [0.717, 1.165) is 25.0 Å². The zero-order valence-electron chi connectivity index (χ0n) is 13.0. The number of hydrogen-bond acceptors (Lipinski definition) is 4. The highest BCUT2D eigenvalue weighted by atomic mass is 19.1. The van der Waals surface area contributed by atoms with Crippen molar-refractivity contribution in [3.8, 4) is 0 Å². The number of amides is 1. The molecule has 0 saturated carbocycles. The first-order chi connectivity index (χ1) is 11.0. The van der Waals surface area contributed by atoms with Crippen LogP contribution < -0.4 is 5.32 Å². The fourth-order valence-corrected chi connectivity index (χ4v) is 1.94. The second-order valence-corrected chi connectivity index (χ2v) is 5.09. The third kappa shape index (κ3) is 4.45. The summed E-state index contributed by atoms with van der Waals surface area (Å²) < 4.78 is 26.5. The van der Waals surface area contributed by atoms with Gasteiger partial charge in [0.2, 0.25) is 5.95 Å². The Labute approximate surface area is 133 Å². The summed E-state index contributed by atoms with van der Waals surface area (Å²) in [7, 11) is 1.70. The van der Waals surface area contributed by atoms with E-state index in [1.807, 2.05) is 6.92 Å². The number of hydrogen-bond donors (Lipinski definition) is 1. The zero-order chi connectivity index (χ0) is 16.8. The quantitative estimate of drug-likeness (QED) is 0.886. The molecule has 0 aliphatic rings. The van der Waals surface area contributed by atoms with Gasteiger partial charge in [-0.3, -0.25) is 4.79 Å². The molecule has 1 aromatic carbocycles. The summed E-state index contributed by atoms with van der Waals surface area (Å²) in [6.45, 7) is 2.68. The molecule has 122 valence electrons. The van der Waals surface area contributed by atoms with Crippen LogP contribution in [-0.4, -0.2) is 34.4 Å². The lowest BCUT2D eigenvalue weighted by atomic mass is 10.3. The summed E-state index contributed by atoms with van der Waals surface area (Å²) in [4.78, 5) is 21.9. The summed E-state index contributed by atoms with van der Waals surface area (Å²) in [5, 5.41) is 2.64. The normalized spacial score (nSPS) is 10.4. The summed E-state index contributed by atoms with van der Waals surface area (Å²) in [5.74, 6) is -1.59. The first-order valence-corrected chi connectivity index (χ1v) is 7.32. The molecule has 1 heterocycles. The lowest BCUT2D eigenvalue weighted by Crippen LogP contribution is -2.28. The minimum Gasteiger partial charge on any atom is -0.340 e. The van der Waals surface area contributed by atoms with Crippen LogP contribution >= 0.6 is 0 Å². The number of carbonyl (C=O) groups is 1. The molecular formula is C16H18F2N4O. The molecular weight excluding hydrogens is 302 g/mol. The van der Waals surface area contributed by atoms with Gasteiger partial charge in [0.25, 0.3) is 5.91 Å². The predicted octanol–water partition coefficient (Wildman–Crippen LogP) is 3.37. The Hall–Kier alpha value is -2.57. The van der Waals surface area contributed by atoms with Gasteiger partial charge in [0, 0.05) is 25.9 Å². The first-order valence-electron chi connectivity index (χ1n) is 7.32. The summed E-state index contributed by atoms with van der Waals surface area (Å²) in [6, 6.07) is 4.63. The van der Waals surface area contributed by atoms with Crippen molar-refractivity contribution in [2.75, 3.05) is 18.9 Å². The lowest BCUT2D eigenvalue weighted by Gasteiger charge is -2.16. The maximum absolute atomic E-state index is 13.6. The fraction of sp³-hybridized carbons (Fsp3) is 0.312. The van der Waals surface area contributed by atoms with Crippen molar-refractivity contribution in [3.63, 3.8) is 0 Å². The van der Waals surface area contributed by atoms with Crippen molar-refractivity contribution in [2.45, 2.75) is 19.8 Å². The van der Waals surface area contributed by atoms with Crippen LogP contribution in [0.4, 0.5) is 20.4 Å². The molecule has 2 rings (SSSR count). The Bertz CT molecular complexity index is 694. The zero-order valence-corrected chi connectivity index (χ0v) is 13.0. The van der Waals surface area contributed by atoms with Crippen LogP contribution in [0.1, 0.15) is 30.3 Å². The van der Waals surface area contributed by atoms with Crippen LogP contribution in [0, 0.1) is 11.6 Å². The molecule has 0 aliphatic carbocycles. The van der Waals surface area contributed by atoms with Crippen LogP contribution in [0.15, 0.2) is 30.5 Å². The van der Waals surface area contributed by atoms with E-state index in [1.54, 1.807) is 11.9 Å². The minimum atomic E-state index is -0.759. The lowest BCUT2D eigenvalue weighted by molar-refractivity contribution is 0.0787. The van der Waals surface area contributed by atoms with Gasteiger partial charge in [0.15, 0.2) is 0 Å². The van der Waals surface area contributed by atoms with E-state index < -0.39 is 11.6 Å². The first kappa shape index (κ1) is 16.8. The summed E-state index contributed by atoms with van der Waals surface area (Å²) in [6.07, 6.45) is 3.30. The molecule has 0 atom stereocenters. The highest BCUT2D eigenvalue weighted by molar-refractivity contribution is 5.92. The van der Waals surface area contributed by atoms with E-state index in [0.29, 0.717) is 6.54 Å². The van der Waals surface area contributed by atoms with Gasteiger partial charge in [-0.05, 0) is 24.6 Å². The number of rotatable bonds is 6. The molecule has 0 radical (unpaired) electrons. The largest absolute Gasteiger partial charge is 0.340 e. The van der Waals surface area contributed by atoms with Crippen LogP contribution in [0.5, 0.6) is 0 Å². The van der Waals surface area contributed by atoms with Gasteiger partial charge in [-0.15, -0.1) is 0 Å². The molecule has 2 aromatic rings. The Morgan fingerprint density at radius 1 is 1.30 bits per heavy atom. The third-order valence-corrected chi connectivity index (χ3v) is 3.25. The van der Waals surface area contributed by atoms with Crippen molar-refractivity contribution in [1.82, 2.24) is 14.9 Å². The molecule has 1 aromatic heterocycles. The smallest absolute Gasteiger partial charge is 0.272 e. The van der Waals surface area contributed by atoms with Gasteiger partial charge in [0.1, 0.15) is 17.3 Å². The van der Waals surface area contributed by atoms with Gasteiger partial charge >= 0.3 is 0 Å². The fourth-order valence-electron chi connectivity index (χ4n) is 1.94. The number of nitrogens with one attached hydrogen (secondary N) is 1. The molecule has 7 heteroatoms. The Balaban J connectivity index is 2.14. The topological polar surface area (TPSA) is 58.1 Å². The van der Waals surface area contributed by atoms with Crippen molar-refractivity contribution < 1.29 is 13.6 Å². The van der Waals surface area contributed by atoms with Gasteiger partial charge in [-0.1, -0.05) is 13.3 Å². The van der Waals surface area contributed by atoms with E-state index in [9.17, 15) is 13.6 Å². The third-order valence-electron chi connectivity index (χ3n) is 3.25. The Morgan fingerprint density at radius 3 is 2.78 bits per heavy atom. The number of carbonyl (C=O) groups excluding carboxylic acids is 1. The predicted molar refractivity (Wildman–Crippen MR) is 83.5 cm³/mol. The van der Waals surface area contributed by atoms with Crippen LogP contribution in [0.2, 0.25) is 0 Å². The molecule has 1 N–H and O–H groups in total. The van der Waals surface area contributed by atoms with Crippen LogP contribution in [0.3, 0.4) is 0 Å². The van der Waals surface area contributed by atoms with E-state index in [2.05, 4.69) is 15.3 Å². The molecule has 0 bridgehead atoms. The highest BCUT2D eigenvalue weighted by Gasteiger charge is 2.14. The van der Waals surface area contributed by atoms with Gasteiger partial charge in [-0.2, -0.15) is 0 Å². The molecule has 0 spiro atoms. The molecule has 0 unspecified atom stereocenters. The number of halogens is 2. The molecule has 0 saturated heterocycles. The van der Waals surface area contributed by atoms with E-state index in [4.69, 9.17) is 0 Å². The number of nitrogens with zero attached hydrogens (tertiary/aromatic N) is 3. The van der Waals surface area contributed by atoms with Crippen molar-refractivity contribution >= 4 is 17.5 Å². The maximum Gasteiger partial charge on any atom is 0.272 e. The Kier molecular flexibility index (Phi) is 5.56. The second kappa shape index (κ2) is 7.62. The number of anilines is 2. The molecule has 23 heavy (non-hydrogen) atoms.